The maximum absolute atomic E-state index is 12.4. The summed E-state index contributed by atoms with van der Waals surface area (Å²) in [6.07, 6.45) is 2.43. The summed E-state index contributed by atoms with van der Waals surface area (Å²) in [6, 6.07) is 5.17. The Balaban J connectivity index is 1.71. The van der Waals surface area contributed by atoms with Gasteiger partial charge in [0.15, 0.2) is 5.82 Å². The van der Waals surface area contributed by atoms with Crippen LogP contribution < -0.4 is 5.32 Å². The van der Waals surface area contributed by atoms with Crippen molar-refractivity contribution in [2.75, 3.05) is 11.9 Å². The predicted molar refractivity (Wildman–Crippen MR) is 81.6 cm³/mol. The fourth-order valence-corrected chi connectivity index (χ4v) is 2.79. The molecule has 23 heavy (non-hydrogen) atoms. The molecule has 122 valence electrons. The van der Waals surface area contributed by atoms with E-state index in [4.69, 9.17) is 8.94 Å². The van der Waals surface area contributed by atoms with Gasteiger partial charge in [-0.05, 0) is 31.9 Å². The molecule has 2 aromatic heterocycles. The monoisotopic (exact) mass is 317 g/mol. The van der Waals surface area contributed by atoms with Crippen molar-refractivity contribution >= 4 is 17.6 Å². The highest BCUT2D eigenvalue weighted by molar-refractivity contribution is 6.39. The molecule has 0 unspecified atom stereocenters. The summed E-state index contributed by atoms with van der Waals surface area (Å²) in [6.45, 7) is 4.26. The zero-order valence-corrected chi connectivity index (χ0v) is 13.2. The van der Waals surface area contributed by atoms with Crippen molar-refractivity contribution in [2.24, 2.45) is 0 Å². The van der Waals surface area contributed by atoms with Crippen LogP contribution >= 0.6 is 0 Å². The summed E-state index contributed by atoms with van der Waals surface area (Å²) in [4.78, 5) is 26.1. The minimum absolute atomic E-state index is 0.187. The molecule has 7 heteroatoms. The summed E-state index contributed by atoms with van der Waals surface area (Å²) in [5.41, 5.74) is 0. The second-order valence-electron chi connectivity index (χ2n) is 5.59. The van der Waals surface area contributed by atoms with Crippen LogP contribution in [-0.4, -0.2) is 28.4 Å². The molecule has 0 bridgehead atoms. The molecule has 1 N–H and O–H groups in total. The highest BCUT2D eigenvalue weighted by Gasteiger charge is 2.35. The van der Waals surface area contributed by atoms with Gasteiger partial charge in [-0.15, -0.1) is 0 Å². The predicted octanol–water partition coefficient (Wildman–Crippen LogP) is 2.44. The normalized spacial score (nSPS) is 17.5. The summed E-state index contributed by atoms with van der Waals surface area (Å²) in [7, 11) is 0. The summed E-state index contributed by atoms with van der Waals surface area (Å²) in [5, 5.41) is 6.12. The van der Waals surface area contributed by atoms with E-state index in [-0.39, 0.29) is 11.9 Å². The van der Waals surface area contributed by atoms with Gasteiger partial charge in [0.2, 0.25) is 0 Å². The quantitative estimate of drug-likeness (QED) is 0.878. The number of carbonyl (C=O) groups excluding carboxylic acids is 2. The molecule has 1 saturated heterocycles. The molecule has 1 aliphatic rings. The minimum atomic E-state index is -0.715. The van der Waals surface area contributed by atoms with E-state index in [0.29, 0.717) is 12.3 Å². The van der Waals surface area contributed by atoms with Gasteiger partial charge < -0.3 is 13.8 Å². The third-order valence-corrected chi connectivity index (χ3v) is 3.94. The number of amides is 2. The Morgan fingerprint density at radius 2 is 2.26 bits per heavy atom. The lowest BCUT2D eigenvalue weighted by molar-refractivity contribution is -0.144. The minimum Gasteiger partial charge on any atom is -0.464 e. The first kappa shape index (κ1) is 15.3. The van der Waals surface area contributed by atoms with Crippen molar-refractivity contribution in [3.8, 4) is 0 Å². The number of carbonyl (C=O) groups is 2. The number of nitrogens with zero attached hydrogens (tertiary/aromatic N) is 2. The Morgan fingerprint density at radius 1 is 1.43 bits per heavy atom. The molecule has 0 aliphatic carbocycles. The second kappa shape index (κ2) is 6.28. The Bertz CT molecular complexity index is 718. The van der Waals surface area contributed by atoms with Crippen LogP contribution in [0.25, 0.3) is 0 Å². The van der Waals surface area contributed by atoms with Gasteiger partial charge >= 0.3 is 11.8 Å². The standard InChI is InChI=1S/C16H19N3O4/c1-3-11-6-7-13(22-11)12-5-4-8-19(12)16(21)15(20)17-14-9-10(2)23-18-14/h6-7,9,12H,3-5,8H2,1-2H3,(H,17,18,20)/t12-/m0/s1. The average Bonchev–Trinajstić information content (AvgIpc) is 3.25. The summed E-state index contributed by atoms with van der Waals surface area (Å²) >= 11 is 0. The molecule has 1 atom stereocenters. The first-order chi connectivity index (χ1) is 11.1. The molecule has 0 spiro atoms. The van der Waals surface area contributed by atoms with Crippen molar-refractivity contribution in [1.82, 2.24) is 10.1 Å². The molecule has 1 aliphatic heterocycles. The highest BCUT2D eigenvalue weighted by atomic mass is 16.5. The van der Waals surface area contributed by atoms with Crippen LogP contribution in [0, 0.1) is 6.92 Å². The lowest BCUT2D eigenvalue weighted by atomic mass is 10.1. The van der Waals surface area contributed by atoms with Gasteiger partial charge in [0.05, 0.1) is 6.04 Å². The Morgan fingerprint density at radius 3 is 2.91 bits per heavy atom. The van der Waals surface area contributed by atoms with E-state index < -0.39 is 11.8 Å². The Kier molecular flexibility index (Phi) is 4.18. The largest absolute Gasteiger partial charge is 0.464 e. The second-order valence-corrected chi connectivity index (χ2v) is 5.59. The number of likely N-dealkylation sites (tertiary alicyclic amines) is 1. The number of rotatable bonds is 3. The van der Waals surface area contributed by atoms with Crippen molar-refractivity contribution in [1.29, 1.82) is 0 Å². The van der Waals surface area contributed by atoms with E-state index in [0.717, 1.165) is 30.8 Å². The van der Waals surface area contributed by atoms with Gasteiger partial charge in [-0.3, -0.25) is 14.9 Å². The van der Waals surface area contributed by atoms with Gasteiger partial charge in [-0.25, -0.2) is 0 Å². The number of anilines is 1. The van der Waals surface area contributed by atoms with E-state index in [2.05, 4.69) is 10.5 Å². The molecular weight excluding hydrogens is 298 g/mol. The molecule has 2 amide bonds. The van der Waals surface area contributed by atoms with Crippen LogP contribution in [0.2, 0.25) is 0 Å². The van der Waals surface area contributed by atoms with E-state index >= 15 is 0 Å². The smallest absolute Gasteiger partial charge is 0.315 e. The van der Waals surface area contributed by atoms with Crippen molar-refractivity contribution in [2.45, 2.75) is 39.2 Å². The number of hydrogen-bond acceptors (Lipinski definition) is 5. The molecule has 3 rings (SSSR count). The fraction of sp³-hybridized carbons (Fsp3) is 0.438. The molecule has 1 fully saturated rings. The number of aryl methyl sites for hydroxylation is 2. The molecule has 0 saturated carbocycles. The molecule has 0 aromatic carbocycles. The third-order valence-electron chi connectivity index (χ3n) is 3.94. The topological polar surface area (TPSA) is 88.6 Å². The number of nitrogens with one attached hydrogen (secondary N) is 1. The molecule has 0 radical (unpaired) electrons. The Labute approximate surface area is 133 Å². The van der Waals surface area contributed by atoms with Gasteiger partial charge in [-0.2, -0.15) is 0 Å². The van der Waals surface area contributed by atoms with Gasteiger partial charge in [0.25, 0.3) is 0 Å². The maximum Gasteiger partial charge on any atom is 0.315 e. The zero-order chi connectivity index (χ0) is 16.4. The van der Waals surface area contributed by atoms with Crippen molar-refractivity contribution in [3.05, 3.63) is 35.5 Å². The van der Waals surface area contributed by atoms with Crippen LogP contribution in [0.15, 0.2) is 27.1 Å². The van der Waals surface area contributed by atoms with Gasteiger partial charge in [0, 0.05) is 19.0 Å². The summed E-state index contributed by atoms with van der Waals surface area (Å²) in [5.74, 6) is 1.12. The van der Waals surface area contributed by atoms with Gasteiger partial charge in [-0.1, -0.05) is 12.1 Å². The number of hydrogen-bond donors (Lipinski definition) is 1. The first-order valence-corrected chi connectivity index (χ1v) is 7.72. The SMILES string of the molecule is CCc1ccc([C@@H]2CCCN2C(=O)C(=O)Nc2cc(C)on2)o1. The maximum atomic E-state index is 12.4. The van der Waals surface area contributed by atoms with E-state index in [9.17, 15) is 9.59 Å². The van der Waals surface area contributed by atoms with E-state index in [1.54, 1.807) is 17.9 Å². The number of furan rings is 1. The lowest BCUT2D eigenvalue weighted by Crippen LogP contribution is -2.39. The average molecular weight is 317 g/mol. The highest BCUT2D eigenvalue weighted by Crippen LogP contribution is 2.33. The third kappa shape index (κ3) is 3.13. The van der Waals surface area contributed by atoms with E-state index in [1.165, 1.54) is 0 Å². The van der Waals surface area contributed by atoms with Crippen LogP contribution in [0.4, 0.5) is 5.82 Å². The first-order valence-electron chi connectivity index (χ1n) is 7.72. The number of aromatic nitrogens is 1. The van der Waals surface area contributed by atoms with Crippen LogP contribution in [0.3, 0.4) is 0 Å². The molecule has 3 heterocycles. The van der Waals surface area contributed by atoms with Crippen molar-refractivity contribution < 1.29 is 18.5 Å². The van der Waals surface area contributed by atoms with E-state index in [1.807, 2.05) is 19.1 Å². The molecular formula is C16H19N3O4. The van der Waals surface area contributed by atoms with Gasteiger partial charge in [0.1, 0.15) is 17.3 Å². The molecule has 7 nitrogen and oxygen atoms in total. The zero-order valence-electron chi connectivity index (χ0n) is 13.2. The Hall–Kier alpha value is -2.57. The van der Waals surface area contributed by atoms with Crippen molar-refractivity contribution in [3.63, 3.8) is 0 Å². The van der Waals surface area contributed by atoms with Crippen LogP contribution in [0.5, 0.6) is 0 Å². The fourth-order valence-electron chi connectivity index (χ4n) is 2.79. The van der Waals surface area contributed by atoms with Crippen LogP contribution in [0.1, 0.15) is 43.1 Å². The van der Waals surface area contributed by atoms with Crippen LogP contribution in [-0.2, 0) is 16.0 Å². The lowest BCUT2D eigenvalue weighted by Gasteiger charge is -2.22. The molecule has 2 aromatic rings. The summed E-state index contributed by atoms with van der Waals surface area (Å²) < 4.78 is 10.6.